The maximum absolute atomic E-state index is 14.3. The molecule has 0 radical (unpaired) electrons. The van der Waals surface area contributed by atoms with E-state index >= 15 is 0 Å². The minimum absolute atomic E-state index is 0. The molecule has 8 heteroatoms. The van der Waals surface area contributed by atoms with Crippen molar-refractivity contribution in [3.05, 3.63) is 17.9 Å². The zero-order chi connectivity index (χ0) is 17.1. The average molecular weight is 368 g/mol. The van der Waals surface area contributed by atoms with E-state index in [1.807, 2.05) is 5.32 Å². The molecule has 1 fully saturated rings. The van der Waals surface area contributed by atoms with Crippen molar-refractivity contribution >= 4 is 23.2 Å². The smallest absolute Gasteiger partial charge is 0.282 e. The van der Waals surface area contributed by atoms with Gasteiger partial charge in [0, 0.05) is 12.5 Å². The molecule has 134 valence electrons. The second kappa shape index (κ2) is 8.19. The Morgan fingerprint density at radius 2 is 2.28 bits per heavy atom. The summed E-state index contributed by atoms with van der Waals surface area (Å²) >= 11 is 0. The Kier molecular flexibility index (Phi) is 6.23. The number of nitrogens with two attached hydrogens (primary N) is 1. The molecule has 0 saturated carbocycles. The van der Waals surface area contributed by atoms with Crippen molar-refractivity contribution in [3.63, 3.8) is 0 Å². The van der Waals surface area contributed by atoms with Gasteiger partial charge in [0.15, 0.2) is 18.5 Å². The SMILES string of the molecule is C#CCN1C(=O)COc2cc(F)c(NC(=O)C3CCCC[NH2+]3)cc21.[Cl-]. The average Bonchev–Trinajstić information content (AvgIpc) is 2.59. The van der Waals surface area contributed by atoms with Crippen LogP contribution in [0.15, 0.2) is 12.1 Å². The number of anilines is 2. The van der Waals surface area contributed by atoms with Gasteiger partial charge in [-0.2, -0.15) is 0 Å². The van der Waals surface area contributed by atoms with Gasteiger partial charge in [0.2, 0.25) is 0 Å². The van der Waals surface area contributed by atoms with Gasteiger partial charge in [-0.1, -0.05) is 5.92 Å². The molecule has 2 heterocycles. The molecule has 1 saturated heterocycles. The van der Waals surface area contributed by atoms with Crippen LogP contribution < -0.4 is 32.7 Å². The minimum Gasteiger partial charge on any atom is -1.00 e. The molecule has 0 spiro atoms. The van der Waals surface area contributed by atoms with Crippen LogP contribution in [0.1, 0.15) is 19.3 Å². The summed E-state index contributed by atoms with van der Waals surface area (Å²) in [5.74, 6) is 1.50. The zero-order valence-electron chi connectivity index (χ0n) is 13.6. The summed E-state index contributed by atoms with van der Waals surface area (Å²) in [6, 6.07) is 2.36. The number of nitrogens with one attached hydrogen (secondary N) is 1. The van der Waals surface area contributed by atoms with Crippen LogP contribution in [-0.2, 0) is 9.59 Å². The first-order valence-electron chi connectivity index (χ1n) is 7.94. The Balaban J connectivity index is 0.00000225. The minimum atomic E-state index is -0.604. The molecule has 3 N–H and O–H groups in total. The summed E-state index contributed by atoms with van der Waals surface area (Å²) in [5, 5.41) is 4.58. The number of rotatable bonds is 3. The number of halogens is 2. The van der Waals surface area contributed by atoms with Crippen molar-refractivity contribution in [2.45, 2.75) is 25.3 Å². The number of piperidine rings is 1. The molecule has 0 bridgehead atoms. The number of benzene rings is 1. The number of hydrogen-bond acceptors (Lipinski definition) is 3. The van der Waals surface area contributed by atoms with Crippen LogP contribution in [0, 0.1) is 18.2 Å². The Bertz CT molecular complexity index is 714. The molecular weight excluding hydrogens is 349 g/mol. The summed E-state index contributed by atoms with van der Waals surface area (Å²) in [4.78, 5) is 25.6. The van der Waals surface area contributed by atoms with Crippen LogP contribution in [0.4, 0.5) is 15.8 Å². The number of terminal acetylenes is 1. The quantitative estimate of drug-likeness (QED) is 0.569. The Labute approximate surface area is 151 Å². The van der Waals surface area contributed by atoms with E-state index in [2.05, 4.69) is 11.2 Å². The fourth-order valence-corrected chi connectivity index (χ4v) is 2.99. The lowest BCUT2D eigenvalue weighted by atomic mass is 10.0. The molecule has 1 atom stereocenters. The predicted molar refractivity (Wildman–Crippen MR) is 86.1 cm³/mol. The fraction of sp³-hybridized carbons (Fsp3) is 0.412. The summed E-state index contributed by atoms with van der Waals surface area (Å²) in [6.45, 7) is 0.768. The van der Waals surface area contributed by atoms with Crippen LogP contribution in [0.2, 0.25) is 0 Å². The molecule has 0 aliphatic carbocycles. The highest BCUT2D eigenvalue weighted by Crippen LogP contribution is 2.36. The van der Waals surface area contributed by atoms with E-state index in [0.717, 1.165) is 25.8 Å². The number of amides is 2. The molecule has 0 aromatic heterocycles. The second-order valence-electron chi connectivity index (χ2n) is 5.89. The molecule has 2 aliphatic heterocycles. The molecule has 3 rings (SSSR count). The maximum Gasteiger partial charge on any atom is 0.282 e. The van der Waals surface area contributed by atoms with E-state index < -0.39 is 5.82 Å². The van der Waals surface area contributed by atoms with Crippen molar-refractivity contribution in [1.29, 1.82) is 0 Å². The van der Waals surface area contributed by atoms with Gasteiger partial charge in [-0.05, 0) is 18.9 Å². The number of ether oxygens (including phenoxy) is 1. The first-order chi connectivity index (χ1) is 11.6. The van der Waals surface area contributed by atoms with E-state index in [9.17, 15) is 14.0 Å². The summed E-state index contributed by atoms with van der Waals surface area (Å²) < 4.78 is 19.5. The van der Waals surface area contributed by atoms with Gasteiger partial charge in [-0.15, -0.1) is 6.42 Å². The van der Waals surface area contributed by atoms with Crippen LogP contribution in [-0.4, -0.2) is 37.6 Å². The van der Waals surface area contributed by atoms with Crippen molar-refractivity contribution in [1.82, 2.24) is 0 Å². The van der Waals surface area contributed by atoms with Gasteiger partial charge < -0.3 is 27.8 Å². The van der Waals surface area contributed by atoms with E-state index in [-0.39, 0.29) is 54.9 Å². The highest BCUT2D eigenvalue weighted by atomic mass is 35.5. The summed E-state index contributed by atoms with van der Waals surface area (Å²) in [7, 11) is 0. The van der Waals surface area contributed by atoms with Crippen LogP contribution in [0.5, 0.6) is 5.75 Å². The maximum atomic E-state index is 14.3. The lowest BCUT2D eigenvalue weighted by molar-refractivity contribution is -0.684. The second-order valence-corrected chi connectivity index (χ2v) is 5.89. The lowest BCUT2D eigenvalue weighted by Gasteiger charge is -2.28. The van der Waals surface area contributed by atoms with E-state index in [1.54, 1.807) is 0 Å². The van der Waals surface area contributed by atoms with Gasteiger partial charge in [0.05, 0.1) is 24.5 Å². The third-order valence-electron chi connectivity index (χ3n) is 4.26. The monoisotopic (exact) mass is 367 g/mol. The van der Waals surface area contributed by atoms with Gasteiger partial charge in [0.25, 0.3) is 11.8 Å². The first-order valence-corrected chi connectivity index (χ1v) is 7.94. The molecule has 25 heavy (non-hydrogen) atoms. The van der Waals surface area contributed by atoms with Crippen molar-refractivity contribution in [2.24, 2.45) is 0 Å². The predicted octanol–water partition coefficient (Wildman–Crippen LogP) is -2.76. The van der Waals surface area contributed by atoms with Crippen molar-refractivity contribution in [2.75, 3.05) is 29.9 Å². The Morgan fingerprint density at radius 3 is 2.96 bits per heavy atom. The largest absolute Gasteiger partial charge is 1.00 e. The summed E-state index contributed by atoms with van der Waals surface area (Å²) in [6.07, 6.45) is 8.13. The molecule has 1 unspecified atom stereocenters. The van der Waals surface area contributed by atoms with E-state index in [1.165, 1.54) is 17.0 Å². The van der Waals surface area contributed by atoms with Gasteiger partial charge >= 0.3 is 0 Å². The van der Waals surface area contributed by atoms with Gasteiger partial charge in [0.1, 0.15) is 5.75 Å². The third-order valence-corrected chi connectivity index (χ3v) is 4.26. The van der Waals surface area contributed by atoms with E-state index in [0.29, 0.717) is 5.69 Å². The lowest BCUT2D eigenvalue weighted by Crippen LogP contribution is -3.00. The highest BCUT2D eigenvalue weighted by Gasteiger charge is 2.29. The molecular formula is C17H19ClFN3O3. The first kappa shape index (κ1) is 19.0. The van der Waals surface area contributed by atoms with Crippen molar-refractivity contribution in [3.8, 4) is 18.1 Å². The molecule has 1 aromatic rings. The molecule has 1 aromatic carbocycles. The van der Waals surface area contributed by atoms with Gasteiger partial charge in [-0.3, -0.25) is 14.5 Å². The topological polar surface area (TPSA) is 75.2 Å². The highest BCUT2D eigenvalue weighted by molar-refractivity contribution is 6.00. The molecule has 2 amide bonds. The van der Waals surface area contributed by atoms with E-state index in [4.69, 9.17) is 11.2 Å². The van der Waals surface area contributed by atoms with Crippen molar-refractivity contribution < 1.29 is 36.4 Å². The normalized spacial score (nSPS) is 19.1. The number of hydrogen-bond donors (Lipinski definition) is 2. The number of carbonyl (C=O) groups excluding carboxylic acids is 2. The van der Waals surface area contributed by atoms with Crippen LogP contribution in [0.25, 0.3) is 0 Å². The van der Waals surface area contributed by atoms with Crippen LogP contribution >= 0.6 is 0 Å². The third kappa shape index (κ3) is 4.03. The zero-order valence-corrected chi connectivity index (χ0v) is 14.3. The molecule has 2 aliphatic rings. The number of quaternary nitrogens is 1. The molecule has 6 nitrogen and oxygen atoms in total. The van der Waals surface area contributed by atoms with Crippen LogP contribution in [0.3, 0.4) is 0 Å². The number of nitrogens with zero attached hydrogens (tertiary/aromatic N) is 1. The number of fused-ring (bicyclic) bond motifs is 1. The van der Waals surface area contributed by atoms with Gasteiger partial charge in [-0.25, -0.2) is 4.39 Å². The Hall–Kier alpha value is -2.30. The summed E-state index contributed by atoms with van der Waals surface area (Å²) in [5.41, 5.74) is 0.395. The standard InChI is InChI=1S/C17H18FN3O3.ClH/c1-2-7-21-14-9-13(11(18)8-15(14)24-10-16(21)22)20-17(23)12-5-3-4-6-19-12;/h1,8-9,12,19H,3-7,10H2,(H,20,23);1H. The fourth-order valence-electron chi connectivity index (χ4n) is 2.99. The number of carbonyl (C=O) groups is 2. The Morgan fingerprint density at radius 1 is 1.48 bits per heavy atom.